The van der Waals surface area contributed by atoms with Gasteiger partial charge in [0.15, 0.2) is 0 Å². The molecule has 1 amide bonds. The van der Waals surface area contributed by atoms with E-state index in [1.165, 1.54) is 0 Å². The van der Waals surface area contributed by atoms with Crippen molar-refractivity contribution in [2.24, 2.45) is 5.92 Å². The van der Waals surface area contributed by atoms with Gasteiger partial charge in [0.25, 0.3) is 5.91 Å². The molecule has 122 valence electrons. The summed E-state index contributed by atoms with van der Waals surface area (Å²) < 4.78 is 10.7. The van der Waals surface area contributed by atoms with E-state index in [1.54, 1.807) is 26.4 Å². The Balaban J connectivity index is 3.19. The standard InChI is InChI=1S/C18H27NO3/c1-12(2)10-19(11-13(3)4)18(20)15-8-16(21-6)14(5)17(9-15)22-7/h8-9,13H,1,10-11H2,2-7H3. The van der Waals surface area contributed by atoms with Crippen molar-refractivity contribution >= 4 is 5.91 Å². The van der Waals surface area contributed by atoms with Crippen LogP contribution in [-0.4, -0.2) is 38.1 Å². The highest BCUT2D eigenvalue weighted by molar-refractivity contribution is 5.95. The lowest BCUT2D eigenvalue weighted by Gasteiger charge is -2.25. The molecule has 0 saturated heterocycles. The normalized spacial score (nSPS) is 10.5. The molecule has 1 aromatic rings. The molecule has 0 radical (unpaired) electrons. The lowest BCUT2D eigenvalue weighted by Crippen LogP contribution is -2.35. The Bertz CT molecular complexity index is 524. The van der Waals surface area contributed by atoms with Crippen LogP contribution in [0.5, 0.6) is 11.5 Å². The van der Waals surface area contributed by atoms with Crippen LogP contribution >= 0.6 is 0 Å². The van der Waals surface area contributed by atoms with Crippen LogP contribution < -0.4 is 9.47 Å². The average Bonchev–Trinajstić information content (AvgIpc) is 2.45. The number of nitrogens with zero attached hydrogens (tertiary/aromatic N) is 1. The smallest absolute Gasteiger partial charge is 0.254 e. The SMILES string of the molecule is C=C(C)CN(CC(C)C)C(=O)c1cc(OC)c(C)c(OC)c1. The number of amides is 1. The molecule has 0 atom stereocenters. The Morgan fingerprint density at radius 2 is 1.73 bits per heavy atom. The average molecular weight is 305 g/mol. The third-order valence-electron chi connectivity index (χ3n) is 3.33. The summed E-state index contributed by atoms with van der Waals surface area (Å²) in [5, 5.41) is 0. The maximum absolute atomic E-state index is 12.8. The molecule has 0 spiro atoms. The number of carbonyl (C=O) groups is 1. The summed E-state index contributed by atoms with van der Waals surface area (Å²) in [6, 6.07) is 3.54. The molecule has 4 nitrogen and oxygen atoms in total. The fourth-order valence-corrected chi connectivity index (χ4v) is 2.38. The first kappa shape index (κ1) is 18.1. The second kappa shape index (κ2) is 7.87. The van der Waals surface area contributed by atoms with Crippen LogP contribution in [0.4, 0.5) is 0 Å². The predicted molar refractivity (Wildman–Crippen MR) is 89.8 cm³/mol. The minimum atomic E-state index is -0.0340. The number of carbonyl (C=O) groups excluding carboxylic acids is 1. The van der Waals surface area contributed by atoms with Crippen molar-refractivity contribution in [2.45, 2.75) is 27.7 Å². The molecule has 0 unspecified atom stereocenters. The van der Waals surface area contributed by atoms with Gasteiger partial charge in [-0.1, -0.05) is 26.0 Å². The Hall–Kier alpha value is -1.97. The van der Waals surface area contributed by atoms with Crippen molar-refractivity contribution in [2.75, 3.05) is 27.3 Å². The van der Waals surface area contributed by atoms with E-state index in [2.05, 4.69) is 20.4 Å². The molecule has 0 fully saturated rings. The van der Waals surface area contributed by atoms with E-state index in [1.807, 2.05) is 18.7 Å². The Morgan fingerprint density at radius 3 is 2.09 bits per heavy atom. The molecular weight excluding hydrogens is 278 g/mol. The molecule has 1 rings (SSSR count). The maximum atomic E-state index is 12.8. The fraction of sp³-hybridized carbons (Fsp3) is 0.500. The van der Waals surface area contributed by atoms with E-state index in [-0.39, 0.29) is 5.91 Å². The third-order valence-corrected chi connectivity index (χ3v) is 3.33. The van der Waals surface area contributed by atoms with Crippen LogP contribution in [0.25, 0.3) is 0 Å². The summed E-state index contributed by atoms with van der Waals surface area (Å²) in [4.78, 5) is 14.7. The predicted octanol–water partition coefficient (Wildman–Crippen LogP) is 3.69. The molecular formula is C18H27NO3. The largest absolute Gasteiger partial charge is 0.496 e. The van der Waals surface area contributed by atoms with Gasteiger partial charge >= 0.3 is 0 Å². The van der Waals surface area contributed by atoms with Crippen molar-refractivity contribution < 1.29 is 14.3 Å². The Kier molecular flexibility index (Phi) is 6.47. The molecule has 0 N–H and O–H groups in total. The Morgan fingerprint density at radius 1 is 1.23 bits per heavy atom. The number of hydrogen-bond donors (Lipinski definition) is 0. The van der Waals surface area contributed by atoms with Crippen LogP contribution in [0.3, 0.4) is 0 Å². The molecule has 4 heteroatoms. The lowest BCUT2D eigenvalue weighted by atomic mass is 10.1. The van der Waals surface area contributed by atoms with E-state index in [9.17, 15) is 4.79 Å². The zero-order valence-electron chi connectivity index (χ0n) is 14.5. The zero-order chi connectivity index (χ0) is 16.9. The first-order valence-corrected chi connectivity index (χ1v) is 7.46. The second-order valence-electron chi connectivity index (χ2n) is 6.04. The van der Waals surface area contributed by atoms with Crippen molar-refractivity contribution in [3.8, 4) is 11.5 Å². The van der Waals surface area contributed by atoms with Gasteiger partial charge in [0, 0.05) is 24.2 Å². The van der Waals surface area contributed by atoms with Gasteiger partial charge in [0.1, 0.15) is 11.5 Å². The number of methoxy groups -OCH3 is 2. The molecule has 0 aromatic heterocycles. The monoisotopic (exact) mass is 305 g/mol. The number of benzene rings is 1. The van der Waals surface area contributed by atoms with E-state index in [4.69, 9.17) is 9.47 Å². The molecule has 22 heavy (non-hydrogen) atoms. The quantitative estimate of drug-likeness (QED) is 0.721. The fourth-order valence-electron chi connectivity index (χ4n) is 2.38. The van der Waals surface area contributed by atoms with Crippen LogP contribution in [0, 0.1) is 12.8 Å². The minimum Gasteiger partial charge on any atom is -0.496 e. The van der Waals surface area contributed by atoms with Crippen molar-refractivity contribution in [1.29, 1.82) is 0 Å². The van der Waals surface area contributed by atoms with Crippen molar-refractivity contribution in [1.82, 2.24) is 4.90 Å². The van der Waals surface area contributed by atoms with E-state index in [0.29, 0.717) is 36.1 Å². The van der Waals surface area contributed by atoms with Crippen LogP contribution in [0.1, 0.15) is 36.7 Å². The highest BCUT2D eigenvalue weighted by Gasteiger charge is 2.20. The van der Waals surface area contributed by atoms with Gasteiger partial charge in [-0.15, -0.1) is 0 Å². The van der Waals surface area contributed by atoms with E-state index < -0.39 is 0 Å². The minimum absolute atomic E-state index is 0.0340. The summed E-state index contributed by atoms with van der Waals surface area (Å²) in [5.41, 5.74) is 2.41. The second-order valence-corrected chi connectivity index (χ2v) is 6.04. The summed E-state index contributed by atoms with van der Waals surface area (Å²) in [7, 11) is 3.19. The molecule has 0 aliphatic carbocycles. The highest BCUT2D eigenvalue weighted by Crippen LogP contribution is 2.30. The van der Waals surface area contributed by atoms with Gasteiger partial charge in [-0.25, -0.2) is 0 Å². The lowest BCUT2D eigenvalue weighted by molar-refractivity contribution is 0.0751. The third kappa shape index (κ3) is 4.52. The van der Waals surface area contributed by atoms with Crippen LogP contribution in [0.2, 0.25) is 0 Å². The van der Waals surface area contributed by atoms with Gasteiger partial charge in [-0.3, -0.25) is 4.79 Å². The van der Waals surface area contributed by atoms with E-state index >= 15 is 0 Å². The summed E-state index contributed by atoms with van der Waals surface area (Å²) in [6.07, 6.45) is 0. The molecule has 0 bridgehead atoms. The summed E-state index contributed by atoms with van der Waals surface area (Å²) in [5.74, 6) is 1.66. The van der Waals surface area contributed by atoms with Gasteiger partial charge in [0.05, 0.1) is 14.2 Å². The Labute approximate surface area is 133 Å². The molecule has 0 saturated carbocycles. The van der Waals surface area contributed by atoms with E-state index in [0.717, 1.165) is 11.1 Å². The molecule has 0 aliphatic heterocycles. The summed E-state index contributed by atoms with van der Waals surface area (Å²) in [6.45, 7) is 13.2. The van der Waals surface area contributed by atoms with Crippen molar-refractivity contribution in [3.05, 3.63) is 35.4 Å². The first-order chi connectivity index (χ1) is 10.3. The van der Waals surface area contributed by atoms with Crippen LogP contribution in [0.15, 0.2) is 24.3 Å². The summed E-state index contributed by atoms with van der Waals surface area (Å²) >= 11 is 0. The van der Waals surface area contributed by atoms with Gasteiger partial charge in [0.2, 0.25) is 0 Å². The van der Waals surface area contributed by atoms with Gasteiger partial charge in [-0.2, -0.15) is 0 Å². The van der Waals surface area contributed by atoms with Crippen molar-refractivity contribution in [3.63, 3.8) is 0 Å². The van der Waals surface area contributed by atoms with Crippen LogP contribution in [-0.2, 0) is 0 Å². The number of hydrogen-bond acceptors (Lipinski definition) is 3. The number of ether oxygens (including phenoxy) is 2. The number of rotatable bonds is 7. The topological polar surface area (TPSA) is 38.8 Å². The van der Waals surface area contributed by atoms with Gasteiger partial charge in [-0.05, 0) is 31.9 Å². The first-order valence-electron chi connectivity index (χ1n) is 7.46. The molecule has 0 heterocycles. The molecule has 0 aliphatic rings. The molecule has 1 aromatic carbocycles. The maximum Gasteiger partial charge on any atom is 0.254 e. The van der Waals surface area contributed by atoms with Gasteiger partial charge < -0.3 is 14.4 Å². The highest BCUT2D eigenvalue weighted by atomic mass is 16.5. The zero-order valence-corrected chi connectivity index (χ0v) is 14.5.